The molecule has 0 aliphatic rings. The quantitative estimate of drug-likeness (QED) is 0.887. The molecule has 0 spiro atoms. The Labute approximate surface area is 129 Å². The minimum Gasteiger partial charge on any atom is -0.322 e. The summed E-state index contributed by atoms with van der Waals surface area (Å²) in [6.07, 6.45) is 0. The van der Waals surface area contributed by atoms with Crippen LogP contribution in [-0.2, 0) is 0 Å². The molecule has 0 bridgehead atoms. The van der Waals surface area contributed by atoms with Gasteiger partial charge in [-0.15, -0.1) is 0 Å². The molecule has 4 N–H and O–H groups in total. The first-order chi connectivity index (χ1) is 9.43. The maximum absolute atomic E-state index is 6.34. The Bertz CT molecular complexity index is 530. The van der Waals surface area contributed by atoms with Gasteiger partial charge in [0.1, 0.15) is 0 Å². The lowest BCUT2D eigenvalue weighted by Gasteiger charge is -2.25. The summed E-state index contributed by atoms with van der Waals surface area (Å²) in [5, 5.41) is 1.27. The second-order valence-corrected chi connectivity index (χ2v) is 5.81. The molecular formula is C16H18Cl2N2. The summed E-state index contributed by atoms with van der Waals surface area (Å²) in [5.74, 6) is 0. The van der Waals surface area contributed by atoms with Crippen LogP contribution in [0.2, 0.25) is 10.0 Å². The van der Waals surface area contributed by atoms with Crippen LogP contribution in [0.4, 0.5) is 0 Å². The molecule has 4 heteroatoms. The highest BCUT2D eigenvalue weighted by Gasteiger charge is 2.24. The maximum Gasteiger partial charge on any atom is 0.0509 e. The van der Waals surface area contributed by atoms with Gasteiger partial charge in [0.2, 0.25) is 0 Å². The Morgan fingerprint density at radius 2 is 1.10 bits per heavy atom. The standard InChI is InChI=1S/C16H18Cl2N2/c1-9-5-3-7-11(17)13(9)15(19)16(20)14-10(2)6-4-8-12(14)18/h3-8,15-16H,19-20H2,1-2H3. The summed E-state index contributed by atoms with van der Waals surface area (Å²) in [7, 11) is 0. The Morgan fingerprint density at radius 3 is 1.40 bits per heavy atom. The minimum absolute atomic E-state index is 0.401. The number of halogens is 2. The minimum atomic E-state index is -0.401. The smallest absolute Gasteiger partial charge is 0.0509 e. The normalized spacial score (nSPS) is 14.1. The number of rotatable bonds is 3. The average Bonchev–Trinajstić information content (AvgIpc) is 2.37. The van der Waals surface area contributed by atoms with E-state index >= 15 is 0 Å². The molecular weight excluding hydrogens is 291 g/mol. The summed E-state index contributed by atoms with van der Waals surface area (Å²) in [6, 6.07) is 10.6. The summed E-state index contributed by atoms with van der Waals surface area (Å²) in [6.45, 7) is 3.96. The number of benzene rings is 2. The molecule has 0 radical (unpaired) electrons. The molecule has 2 aromatic carbocycles. The van der Waals surface area contributed by atoms with Gasteiger partial charge in [0, 0.05) is 10.0 Å². The summed E-state index contributed by atoms with van der Waals surface area (Å²) < 4.78 is 0. The molecule has 0 saturated carbocycles. The van der Waals surface area contributed by atoms with E-state index in [9.17, 15) is 0 Å². The summed E-state index contributed by atoms with van der Waals surface area (Å²) in [5.41, 5.74) is 16.5. The first-order valence-corrected chi connectivity index (χ1v) is 7.20. The van der Waals surface area contributed by atoms with E-state index in [4.69, 9.17) is 34.7 Å². The fourth-order valence-corrected chi connectivity index (χ4v) is 3.19. The van der Waals surface area contributed by atoms with E-state index in [0.717, 1.165) is 22.3 Å². The third-order valence-corrected chi connectivity index (χ3v) is 4.25. The van der Waals surface area contributed by atoms with Crippen LogP contribution in [0, 0.1) is 13.8 Å². The van der Waals surface area contributed by atoms with Crippen LogP contribution in [0.15, 0.2) is 36.4 Å². The third-order valence-electron chi connectivity index (χ3n) is 3.60. The first-order valence-electron chi connectivity index (χ1n) is 6.44. The van der Waals surface area contributed by atoms with Crippen LogP contribution in [-0.4, -0.2) is 0 Å². The topological polar surface area (TPSA) is 52.0 Å². The monoisotopic (exact) mass is 308 g/mol. The largest absolute Gasteiger partial charge is 0.322 e. The third kappa shape index (κ3) is 2.84. The van der Waals surface area contributed by atoms with Crippen LogP contribution in [0.5, 0.6) is 0 Å². The Morgan fingerprint density at radius 1 is 0.750 bits per heavy atom. The molecule has 2 rings (SSSR count). The molecule has 2 atom stereocenters. The van der Waals surface area contributed by atoms with Crippen molar-refractivity contribution in [2.24, 2.45) is 11.5 Å². The van der Waals surface area contributed by atoms with Crippen molar-refractivity contribution in [3.05, 3.63) is 68.7 Å². The van der Waals surface area contributed by atoms with E-state index < -0.39 is 12.1 Å². The van der Waals surface area contributed by atoms with E-state index in [1.807, 2.05) is 50.2 Å². The zero-order valence-corrected chi connectivity index (χ0v) is 13.0. The summed E-state index contributed by atoms with van der Waals surface area (Å²) >= 11 is 12.5. The molecule has 2 nitrogen and oxygen atoms in total. The zero-order valence-electron chi connectivity index (χ0n) is 11.5. The molecule has 0 heterocycles. The molecule has 0 aliphatic carbocycles. The van der Waals surface area contributed by atoms with E-state index in [-0.39, 0.29) is 0 Å². The van der Waals surface area contributed by atoms with E-state index in [0.29, 0.717) is 10.0 Å². The molecule has 0 aliphatic heterocycles. The van der Waals surface area contributed by atoms with Gasteiger partial charge in [-0.25, -0.2) is 0 Å². The summed E-state index contributed by atoms with van der Waals surface area (Å²) in [4.78, 5) is 0. The number of hydrogen-bond acceptors (Lipinski definition) is 2. The van der Waals surface area contributed by atoms with Crippen molar-refractivity contribution in [1.82, 2.24) is 0 Å². The second kappa shape index (κ2) is 6.15. The molecule has 20 heavy (non-hydrogen) atoms. The van der Waals surface area contributed by atoms with Gasteiger partial charge in [0.05, 0.1) is 12.1 Å². The predicted molar refractivity (Wildman–Crippen MR) is 86.2 cm³/mol. The van der Waals surface area contributed by atoms with Gasteiger partial charge in [0.15, 0.2) is 0 Å². The van der Waals surface area contributed by atoms with Crippen LogP contribution < -0.4 is 11.5 Å². The Kier molecular flexibility index (Phi) is 4.71. The molecule has 0 fully saturated rings. The average molecular weight is 309 g/mol. The maximum atomic E-state index is 6.34. The first kappa shape index (κ1) is 15.3. The van der Waals surface area contributed by atoms with Crippen molar-refractivity contribution in [1.29, 1.82) is 0 Å². The van der Waals surface area contributed by atoms with Crippen LogP contribution >= 0.6 is 23.2 Å². The predicted octanol–water partition coefficient (Wildman–Crippen LogP) is 4.31. The lowest BCUT2D eigenvalue weighted by atomic mass is 9.90. The Balaban J connectivity index is 2.46. The van der Waals surface area contributed by atoms with Crippen molar-refractivity contribution in [3.8, 4) is 0 Å². The van der Waals surface area contributed by atoms with Gasteiger partial charge in [0.25, 0.3) is 0 Å². The van der Waals surface area contributed by atoms with Crippen molar-refractivity contribution in [2.45, 2.75) is 25.9 Å². The van der Waals surface area contributed by atoms with Gasteiger partial charge >= 0.3 is 0 Å². The highest BCUT2D eigenvalue weighted by atomic mass is 35.5. The van der Waals surface area contributed by atoms with E-state index in [2.05, 4.69) is 0 Å². The molecule has 0 aromatic heterocycles. The van der Waals surface area contributed by atoms with Crippen molar-refractivity contribution >= 4 is 23.2 Å². The molecule has 106 valence electrons. The van der Waals surface area contributed by atoms with Crippen molar-refractivity contribution in [2.75, 3.05) is 0 Å². The lowest BCUT2D eigenvalue weighted by molar-refractivity contribution is 0.569. The lowest BCUT2D eigenvalue weighted by Crippen LogP contribution is -2.28. The fraction of sp³-hybridized carbons (Fsp3) is 0.250. The number of aryl methyl sites for hydroxylation is 2. The van der Waals surface area contributed by atoms with Crippen LogP contribution in [0.25, 0.3) is 0 Å². The van der Waals surface area contributed by atoms with Gasteiger partial charge in [-0.2, -0.15) is 0 Å². The molecule has 2 aromatic rings. The van der Waals surface area contributed by atoms with Gasteiger partial charge < -0.3 is 11.5 Å². The highest BCUT2D eigenvalue weighted by molar-refractivity contribution is 6.32. The molecule has 0 saturated heterocycles. The Hall–Kier alpha value is -1.06. The van der Waals surface area contributed by atoms with Crippen molar-refractivity contribution < 1.29 is 0 Å². The van der Waals surface area contributed by atoms with E-state index in [1.165, 1.54) is 0 Å². The highest BCUT2D eigenvalue weighted by Crippen LogP contribution is 2.35. The fourth-order valence-electron chi connectivity index (χ4n) is 2.49. The molecule has 0 amide bonds. The van der Waals surface area contributed by atoms with Crippen molar-refractivity contribution in [3.63, 3.8) is 0 Å². The van der Waals surface area contributed by atoms with Gasteiger partial charge in [-0.3, -0.25) is 0 Å². The SMILES string of the molecule is Cc1cccc(Cl)c1C(N)C(N)c1c(C)cccc1Cl. The number of nitrogens with two attached hydrogens (primary N) is 2. The zero-order chi connectivity index (χ0) is 14.9. The molecule has 2 unspecified atom stereocenters. The van der Waals surface area contributed by atoms with E-state index in [1.54, 1.807) is 0 Å². The van der Waals surface area contributed by atoms with Crippen LogP contribution in [0.1, 0.15) is 34.3 Å². The number of hydrogen-bond donors (Lipinski definition) is 2. The van der Waals surface area contributed by atoms with Crippen LogP contribution in [0.3, 0.4) is 0 Å². The second-order valence-electron chi connectivity index (χ2n) is 4.99. The van der Waals surface area contributed by atoms with Gasteiger partial charge in [-0.05, 0) is 48.2 Å². The van der Waals surface area contributed by atoms with Gasteiger partial charge in [-0.1, -0.05) is 47.5 Å².